The number of carbonyl (C=O) groups excluding carboxylic acids is 1. The van der Waals surface area contributed by atoms with Gasteiger partial charge in [-0.15, -0.1) is 0 Å². The number of rotatable bonds is 7. The maximum absolute atomic E-state index is 12.3. The lowest BCUT2D eigenvalue weighted by Crippen LogP contribution is -2.47. The largest absolute Gasteiger partial charge is 0.393 e. The van der Waals surface area contributed by atoms with Gasteiger partial charge in [0, 0.05) is 55.3 Å². The SMILES string of the molecule is CC(C)c1cc(N2CCN(CCC3CCC(NC(=O)[C@H]4C[C@H](O)C4)CC3)CC2)nc(C(C)(C)C)n1. The lowest BCUT2D eigenvalue weighted by molar-refractivity contribution is -0.132. The summed E-state index contributed by atoms with van der Waals surface area (Å²) < 4.78 is 0. The summed E-state index contributed by atoms with van der Waals surface area (Å²) in [6, 6.07) is 2.53. The summed E-state index contributed by atoms with van der Waals surface area (Å²) in [5, 5.41) is 12.7. The first-order valence-electron chi connectivity index (χ1n) is 13.9. The van der Waals surface area contributed by atoms with Gasteiger partial charge in [0.1, 0.15) is 11.6 Å². The van der Waals surface area contributed by atoms with Crippen molar-refractivity contribution in [1.29, 1.82) is 0 Å². The van der Waals surface area contributed by atoms with E-state index < -0.39 is 0 Å². The second-order valence-electron chi connectivity index (χ2n) is 12.5. The Hall–Kier alpha value is -1.73. The highest BCUT2D eigenvalue weighted by Gasteiger charge is 2.34. The molecule has 0 atom stereocenters. The third kappa shape index (κ3) is 6.94. The molecular formula is C28H47N5O2. The summed E-state index contributed by atoms with van der Waals surface area (Å²) in [6.45, 7) is 16.4. The Kier molecular flexibility index (Phi) is 8.37. The smallest absolute Gasteiger partial charge is 0.223 e. The molecule has 2 aliphatic carbocycles. The summed E-state index contributed by atoms with van der Waals surface area (Å²) >= 11 is 0. The number of nitrogens with one attached hydrogen (secondary N) is 1. The van der Waals surface area contributed by atoms with E-state index in [0.29, 0.717) is 24.8 Å². The number of aliphatic hydroxyl groups is 1. The van der Waals surface area contributed by atoms with Crippen LogP contribution in [0.15, 0.2) is 6.07 Å². The minimum atomic E-state index is -0.261. The minimum Gasteiger partial charge on any atom is -0.393 e. The maximum Gasteiger partial charge on any atom is 0.223 e. The first-order valence-corrected chi connectivity index (χ1v) is 13.9. The van der Waals surface area contributed by atoms with Crippen molar-refractivity contribution >= 4 is 11.7 Å². The van der Waals surface area contributed by atoms with Crippen LogP contribution in [0.25, 0.3) is 0 Å². The molecule has 2 heterocycles. The molecule has 7 nitrogen and oxygen atoms in total. The van der Waals surface area contributed by atoms with Gasteiger partial charge in [0.25, 0.3) is 0 Å². The number of hydrogen-bond donors (Lipinski definition) is 2. The van der Waals surface area contributed by atoms with Gasteiger partial charge in [-0.2, -0.15) is 0 Å². The van der Waals surface area contributed by atoms with E-state index in [2.05, 4.69) is 55.8 Å². The molecule has 0 spiro atoms. The van der Waals surface area contributed by atoms with Crippen molar-refractivity contribution in [2.24, 2.45) is 11.8 Å². The fourth-order valence-electron chi connectivity index (χ4n) is 5.53. The average molecular weight is 486 g/mol. The number of aromatic nitrogens is 2. The molecule has 0 radical (unpaired) electrons. The molecule has 1 aromatic rings. The Morgan fingerprint density at radius 1 is 1.09 bits per heavy atom. The first-order chi connectivity index (χ1) is 16.6. The van der Waals surface area contributed by atoms with E-state index in [9.17, 15) is 9.90 Å². The van der Waals surface area contributed by atoms with Gasteiger partial charge in [-0.3, -0.25) is 9.69 Å². The van der Waals surface area contributed by atoms with Crippen molar-refractivity contribution < 1.29 is 9.90 Å². The Morgan fingerprint density at radius 3 is 2.31 bits per heavy atom. The highest BCUT2D eigenvalue weighted by Crippen LogP contribution is 2.31. The monoisotopic (exact) mass is 485 g/mol. The van der Waals surface area contributed by atoms with Gasteiger partial charge in [-0.1, -0.05) is 34.6 Å². The predicted molar refractivity (Wildman–Crippen MR) is 141 cm³/mol. The normalized spacial score (nSPS) is 28.1. The van der Waals surface area contributed by atoms with Gasteiger partial charge in [0.2, 0.25) is 5.91 Å². The zero-order chi connectivity index (χ0) is 25.2. The lowest BCUT2D eigenvalue weighted by Gasteiger charge is -2.37. The number of piperazine rings is 1. The molecule has 7 heteroatoms. The van der Waals surface area contributed by atoms with E-state index >= 15 is 0 Å². The van der Waals surface area contributed by atoms with Gasteiger partial charge in [-0.05, 0) is 63.3 Å². The van der Waals surface area contributed by atoms with E-state index in [0.717, 1.165) is 62.3 Å². The van der Waals surface area contributed by atoms with Crippen molar-refractivity contribution in [3.05, 3.63) is 17.6 Å². The van der Waals surface area contributed by atoms with Gasteiger partial charge in [0.15, 0.2) is 0 Å². The second-order valence-corrected chi connectivity index (χ2v) is 12.5. The first kappa shape index (κ1) is 26.3. The zero-order valence-corrected chi connectivity index (χ0v) is 22.6. The molecule has 3 fully saturated rings. The number of aliphatic hydroxyl groups excluding tert-OH is 1. The molecule has 0 bridgehead atoms. The summed E-state index contributed by atoms with van der Waals surface area (Å²) in [4.78, 5) is 27.1. The molecule has 1 aliphatic heterocycles. The predicted octanol–water partition coefficient (Wildman–Crippen LogP) is 3.86. The highest BCUT2D eigenvalue weighted by atomic mass is 16.3. The van der Waals surface area contributed by atoms with Crippen LogP contribution in [-0.2, 0) is 10.2 Å². The summed E-state index contributed by atoms with van der Waals surface area (Å²) in [7, 11) is 0. The summed E-state index contributed by atoms with van der Waals surface area (Å²) in [6.07, 6.45) is 6.91. The average Bonchev–Trinajstić information content (AvgIpc) is 2.81. The minimum absolute atomic E-state index is 0.0424. The number of nitrogens with zero attached hydrogens (tertiary/aromatic N) is 4. The molecule has 1 saturated heterocycles. The van der Waals surface area contributed by atoms with Crippen LogP contribution in [0.1, 0.15) is 97.0 Å². The van der Waals surface area contributed by atoms with Crippen LogP contribution in [0.3, 0.4) is 0 Å². The van der Waals surface area contributed by atoms with E-state index in [1.807, 2.05) is 0 Å². The van der Waals surface area contributed by atoms with Crippen molar-refractivity contribution in [3.8, 4) is 0 Å². The van der Waals surface area contributed by atoms with E-state index in [4.69, 9.17) is 9.97 Å². The fraction of sp³-hybridized carbons (Fsp3) is 0.821. The van der Waals surface area contributed by atoms with Crippen LogP contribution in [0.2, 0.25) is 0 Å². The molecule has 0 unspecified atom stereocenters. The van der Waals surface area contributed by atoms with Crippen LogP contribution in [0, 0.1) is 11.8 Å². The van der Waals surface area contributed by atoms with Crippen LogP contribution in [0.4, 0.5) is 5.82 Å². The zero-order valence-electron chi connectivity index (χ0n) is 22.6. The van der Waals surface area contributed by atoms with Gasteiger partial charge >= 0.3 is 0 Å². The number of amides is 1. The van der Waals surface area contributed by atoms with Crippen LogP contribution < -0.4 is 10.2 Å². The van der Waals surface area contributed by atoms with E-state index in [-0.39, 0.29) is 23.3 Å². The molecule has 2 saturated carbocycles. The molecular weight excluding hydrogens is 438 g/mol. The molecule has 0 aromatic carbocycles. The Labute approximate surface area is 212 Å². The molecule has 1 aromatic heterocycles. The lowest BCUT2D eigenvalue weighted by atomic mass is 9.80. The Balaban J connectivity index is 1.19. The van der Waals surface area contributed by atoms with Crippen LogP contribution >= 0.6 is 0 Å². The third-order valence-corrected chi connectivity index (χ3v) is 8.22. The van der Waals surface area contributed by atoms with E-state index in [1.165, 1.54) is 25.8 Å². The van der Waals surface area contributed by atoms with Crippen molar-refractivity contribution in [2.75, 3.05) is 37.6 Å². The van der Waals surface area contributed by atoms with Crippen LogP contribution in [0.5, 0.6) is 0 Å². The maximum atomic E-state index is 12.3. The molecule has 196 valence electrons. The molecule has 3 aliphatic rings. The fourth-order valence-corrected chi connectivity index (χ4v) is 5.53. The standard InChI is InChI=1S/C28H47N5O2/c1-19(2)24-18-25(31-27(30-24)28(3,4)5)33-14-12-32(13-15-33)11-10-20-6-8-22(9-7-20)29-26(35)21-16-23(34)17-21/h18-23,34H,6-17H2,1-5H3,(H,29,35)/t20?,21-,22?,23-. The second kappa shape index (κ2) is 11.1. The number of hydrogen-bond acceptors (Lipinski definition) is 6. The quantitative estimate of drug-likeness (QED) is 0.610. The van der Waals surface area contributed by atoms with Gasteiger partial charge < -0.3 is 15.3 Å². The van der Waals surface area contributed by atoms with Crippen molar-refractivity contribution in [2.45, 2.75) is 103 Å². The van der Waals surface area contributed by atoms with E-state index in [1.54, 1.807) is 0 Å². The Bertz CT molecular complexity index is 845. The number of carbonyl (C=O) groups is 1. The molecule has 4 rings (SSSR count). The van der Waals surface area contributed by atoms with Crippen LogP contribution in [-0.4, -0.2) is 70.8 Å². The highest BCUT2D eigenvalue weighted by molar-refractivity contribution is 5.79. The summed E-state index contributed by atoms with van der Waals surface area (Å²) in [5.74, 6) is 3.41. The third-order valence-electron chi connectivity index (χ3n) is 8.22. The molecule has 1 amide bonds. The molecule has 2 N–H and O–H groups in total. The van der Waals surface area contributed by atoms with Gasteiger partial charge in [-0.25, -0.2) is 9.97 Å². The van der Waals surface area contributed by atoms with Crippen molar-refractivity contribution in [3.63, 3.8) is 0 Å². The topological polar surface area (TPSA) is 81.6 Å². The molecule has 35 heavy (non-hydrogen) atoms. The Morgan fingerprint density at radius 2 is 1.74 bits per heavy atom. The number of anilines is 1. The van der Waals surface area contributed by atoms with Gasteiger partial charge in [0.05, 0.1) is 6.10 Å². The van der Waals surface area contributed by atoms with Crippen molar-refractivity contribution in [1.82, 2.24) is 20.2 Å². The summed E-state index contributed by atoms with van der Waals surface area (Å²) in [5.41, 5.74) is 1.09.